The maximum Gasteiger partial charge on any atom is 0.0315 e. The Hall–Kier alpha value is -1.12. The van der Waals surface area contributed by atoms with E-state index < -0.39 is 0 Å². The van der Waals surface area contributed by atoms with Crippen molar-refractivity contribution in [2.75, 3.05) is 19.6 Å². The van der Waals surface area contributed by atoms with Gasteiger partial charge in [0.25, 0.3) is 0 Å². The van der Waals surface area contributed by atoms with Gasteiger partial charge in [0.1, 0.15) is 0 Å². The molecule has 1 nitrogen and oxygen atoms in total. The van der Waals surface area contributed by atoms with Crippen LogP contribution in [0.1, 0.15) is 22.6 Å². The highest BCUT2D eigenvalue weighted by Gasteiger charge is 2.17. The third kappa shape index (κ3) is 2.65. The summed E-state index contributed by atoms with van der Waals surface area (Å²) in [5, 5.41) is 0. The average Bonchev–Trinajstić information content (AvgIpc) is 2.99. The Bertz CT molecular complexity index is 519. The summed E-state index contributed by atoms with van der Waals surface area (Å²) in [6, 6.07) is 4.48. The molecule has 0 amide bonds. The van der Waals surface area contributed by atoms with Crippen LogP contribution in [-0.2, 0) is 0 Å². The standard InChI is InChI=1S/C16H19NS/c1-13-7-8-16(18-13)15-9-10-17(12-15)11-14-5-3-2-4-6-14/h2-3,5,7-9H,4,6,10-12H2,1H3. The molecule has 2 aliphatic rings. The molecule has 0 N–H and O–H groups in total. The van der Waals surface area contributed by atoms with Crippen LogP contribution >= 0.6 is 11.3 Å². The first-order valence-corrected chi connectivity index (χ1v) is 7.46. The SMILES string of the molecule is Cc1ccc(C2=CCN(CC3=CC=CCC3)C2)s1. The van der Waals surface area contributed by atoms with Crippen LogP contribution in [0.3, 0.4) is 0 Å². The summed E-state index contributed by atoms with van der Waals surface area (Å²) in [5.74, 6) is 0. The molecule has 3 rings (SSSR count). The van der Waals surface area contributed by atoms with Gasteiger partial charge in [-0.1, -0.05) is 29.9 Å². The molecule has 0 aromatic carbocycles. The Kier molecular flexibility index (Phi) is 3.48. The molecule has 1 aromatic heterocycles. The molecule has 1 aliphatic heterocycles. The van der Waals surface area contributed by atoms with E-state index in [1.807, 2.05) is 11.3 Å². The van der Waals surface area contributed by atoms with Gasteiger partial charge in [0.15, 0.2) is 0 Å². The molecule has 0 spiro atoms. The lowest BCUT2D eigenvalue weighted by molar-refractivity contribution is 0.382. The van der Waals surface area contributed by atoms with E-state index in [4.69, 9.17) is 0 Å². The highest BCUT2D eigenvalue weighted by Crippen LogP contribution is 2.28. The molecule has 1 aromatic rings. The molecular weight excluding hydrogens is 238 g/mol. The molecule has 2 heteroatoms. The largest absolute Gasteiger partial charge is 0.291 e. The lowest BCUT2D eigenvalue weighted by Crippen LogP contribution is -2.23. The van der Waals surface area contributed by atoms with Gasteiger partial charge in [-0.15, -0.1) is 11.3 Å². The third-order valence-corrected chi connectivity index (χ3v) is 4.65. The number of nitrogens with zero attached hydrogens (tertiary/aromatic N) is 1. The van der Waals surface area contributed by atoms with Crippen molar-refractivity contribution in [3.05, 3.63) is 51.8 Å². The quantitative estimate of drug-likeness (QED) is 0.790. The highest BCUT2D eigenvalue weighted by molar-refractivity contribution is 7.13. The van der Waals surface area contributed by atoms with Crippen molar-refractivity contribution < 1.29 is 0 Å². The van der Waals surface area contributed by atoms with Gasteiger partial charge in [-0.25, -0.2) is 0 Å². The fourth-order valence-electron chi connectivity index (χ4n) is 2.59. The first-order valence-electron chi connectivity index (χ1n) is 6.64. The van der Waals surface area contributed by atoms with E-state index in [9.17, 15) is 0 Å². The van der Waals surface area contributed by atoms with Crippen LogP contribution in [0.15, 0.2) is 42.0 Å². The second kappa shape index (κ2) is 5.25. The van der Waals surface area contributed by atoms with Crippen molar-refractivity contribution >= 4 is 16.9 Å². The van der Waals surface area contributed by atoms with E-state index in [0.717, 1.165) is 19.6 Å². The summed E-state index contributed by atoms with van der Waals surface area (Å²) in [7, 11) is 0. The zero-order valence-corrected chi connectivity index (χ0v) is 11.7. The van der Waals surface area contributed by atoms with Crippen LogP contribution in [0, 0.1) is 6.92 Å². The van der Waals surface area contributed by atoms with Gasteiger partial charge < -0.3 is 0 Å². The maximum atomic E-state index is 2.54. The van der Waals surface area contributed by atoms with Gasteiger partial charge in [0.05, 0.1) is 0 Å². The summed E-state index contributed by atoms with van der Waals surface area (Å²) < 4.78 is 0. The van der Waals surface area contributed by atoms with Crippen LogP contribution in [-0.4, -0.2) is 24.5 Å². The summed E-state index contributed by atoms with van der Waals surface area (Å²) in [6.45, 7) is 5.53. The van der Waals surface area contributed by atoms with Gasteiger partial charge in [-0.3, -0.25) is 4.90 Å². The van der Waals surface area contributed by atoms with Gasteiger partial charge in [0, 0.05) is 29.4 Å². The van der Waals surface area contributed by atoms with Crippen LogP contribution in [0.5, 0.6) is 0 Å². The predicted octanol–water partition coefficient (Wildman–Crippen LogP) is 4.03. The number of allylic oxidation sites excluding steroid dienone is 3. The molecule has 0 atom stereocenters. The van der Waals surface area contributed by atoms with Crippen molar-refractivity contribution in [1.82, 2.24) is 4.90 Å². The summed E-state index contributed by atoms with van der Waals surface area (Å²) >= 11 is 1.91. The number of aryl methyl sites for hydroxylation is 1. The van der Waals surface area contributed by atoms with Crippen molar-refractivity contribution in [2.45, 2.75) is 19.8 Å². The average molecular weight is 257 g/mol. The van der Waals surface area contributed by atoms with Gasteiger partial charge in [0.2, 0.25) is 0 Å². The monoisotopic (exact) mass is 257 g/mol. The first kappa shape index (κ1) is 11.9. The van der Waals surface area contributed by atoms with Gasteiger partial charge in [-0.2, -0.15) is 0 Å². The topological polar surface area (TPSA) is 3.24 Å². The molecule has 1 aliphatic carbocycles. The second-order valence-electron chi connectivity index (χ2n) is 5.10. The Morgan fingerprint density at radius 2 is 2.28 bits per heavy atom. The van der Waals surface area contributed by atoms with Crippen molar-refractivity contribution in [3.8, 4) is 0 Å². The third-order valence-electron chi connectivity index (χ3n) is 3.57. The Labute approximate surface area is 113 Å². The van der Waals surface area contributed by atoms with Crippen LogP contribution in [0.2, 0.25) is 0 Å². The predicted molar refractivity (Wildman–Crippen MR) is 79.9 cm³/mol. The minimum absolute atomic E-state index is 1.10. The molecular formula is C16H19NS. The summed E-state index contributed by atoms with van der Waals surface area (Å²) in [5.41, 5.74) is 3.09. The maximum absolute atomic E-state index is 2.54. The van der Waals surface area contributed by atoms with Crippen molar-refractivity contribution in [1.29, 1.82) is 0 Å². The zero-order valence-electron chi connectivity index (χ0n) is 10.9. The van der Waals surface area contributed by atoms with Crippen LogP contribution in [0.25, 0.3) is 5.57 Å². The van der Waals surface area contributed by atoms with E-state index in [0.29, 0.717) is 0 Å². The lowest BCUT2D eigenvalue weighted by Gasteiger charge is -2.18. The number of rotatable bonds is 3. The zero-order chi connectivity index (χ0) is 12.4. The molecule has 94 valence electrons. The number of thiophene rings is 1. The molecule has 0 saturated carbocycles. The molecule has 2 heterocycles. The Morgan fingerprint density at radius 1 is 1.33 bits per heavy atom. The lowest BCUT2D eigenvalue weighted by atomic mass is 10.0. The Balaban J connectivity index is 1.60. The number of hydrogen-bond acceptors (Lipinski definition) is 2. The van der Waals surface area contributed by atoms with E-state index in [1.165, 1.54) is 28.2 Å². The smallest absolute Gasteiger partial charge is 0.0315 e. The highest BCUT2D eigenvalue weighted by atomic mass is 32.1. The molecule has 0 fully saturated rings. The van der Waals surface area contributed by atoms with Crippen molar-refractivity contribution in [2.24, 2.45) is 0 Å². The Morgan fingerprint density at radius 3 is 3.00 bits per heavy atom. The van der Waals surface area contributed by atoms with Gasteiger partial charge in [-0.05, 0) is 37.5 Å². The van der Waals surface area contributed by atoms with Crippen molar-refractivity contribution in [3.63, 3.8) is 0 Å². The van der Waals surface area contributed by atoms with Crippen LogP contribution in [0.4, 0.5) is 0 Å². The second-order valence-corrected chi connectivity index (χ2v) is 6.39. The molecule has 0 unspecified atom stereocenters. The fourth-order valence-corrected chi connectivity index (χ4v) is 3.48. The minimum atomic E-state index is 1.10. The molecule has 18 heavy (non-hydrogen) atoms. The summed E-state index contributed by atoms with van der Waals surface area (Å²) in [6.07, 6.45) is 11.6. The fraction of sp³-hybridized carbons (Fsp3) is 0.375. The van der Waals surface area contributed by atoms with Gasteiger partial charge >= 0.3 is 0 Å². The normalized spacial score (nSPS) is 20.1. The number of hydrogen-bond donors (Lipinski definition) is 0. The van der Waals surface area contributed by atoms with E-state index in [2.05, 4.69) is 48.3 Å². The molecule has 0 saturated heterocycles. The van der Waals surface area contributed by atoms with E-state index in [-0.39, 0.29) is 0 Å². The molecule has 0 bridgehead atoms. The molecule has 0 radical (unpaired) electrons. The summed E-state index contributed by atoms with van der Waals surface area (Å²) in [4.78, 5) is 5.40. The minimum Gasteiger partial charge on any atom is -0.291 e. The van der Waals surface area contributed by atoms with Crippen LogP contribution < -0.4 is 0 Å². The first-order chi connectivity index (χ1) is 8.81. The van der Waals surface area contributed by atoms with E-state index in [1.54, 1.807) is 5.57 Å². The van der Waals surface area contributed by atoms with E-state index >= 15 is 0 Å².